The Balaban J connectivity index is 1.48. The Kier molecular flexibility index (Phi) is 6.90. The summed E-state index contributed by atoms with van der Waals surface area (Å²) in [5, 5.41) is 12.6. The van der Waals surface area contributed by atoms with Gasteiger partial charge in [-0.25, -0.2) is 0 Å². The van der Waals surface area contributed by atoms with Crippen molar-refractivity contribution < 1.29 is 14.0 Å². The topological polar surface area (TPSA) is 98.6 Å². The molecule has 9 heteroatoms. The molecule has 8 nitrogen and oxygen atoms in total. The van der Waals surface area contributed by atoms with Crippen LogP contribution in [0.15, 0.2) is 22.8 Å². The van der Waals surface area contributed by atoms with Crippen molar-refractivity contribution in [2.75, 3.05) is 19.6 Å². The minimum Gasteiger partial charge on any atom is -0.467 e. The van der Waals surface area contributed by atoms with Crippen LogP contribution >= 0.6 is 12.2 Å². The SMILES string of the molecule is C#CCNC(=O)CC[C@@H]1CNC(=O)[C@@H]2C[C@H](NC(=S)NCc3ccco3)CN12. The highest BCUT2D eigenvalue weighted by Crippen LogP contribution is 2.25. The third-order valence-electron chi connectivity index (χ3n) is 5.05. The van der Waals surface area contributed by atoms with Crippen molar-refractivity contribution in [1.29, 1.82) is 0 Å². The van der Waals surface area contributed by atoms with Crippen molar-refractivity contribution in [1.82, 2.24) is 26.2 Å². The van der Waals surface area contributed by atoms with Gasteiger partial charge in [0.15, 0.2) is 5.11 Å². The maximum atomic E-state index is 12.3. The highest BCUT2D eigenvalue weighted by Gasteiger charge is 2.43. The van der Waals surface area contributed by atoms with Crippen LogP contribution in [0.2, 0.25) is 0 Å². The van der Waals surface area contributed by atoms with Crippen LogP contribution in [0, 0.1) is 12.3 Å². The molecule has 150 valence electrons. The number of nitrogens with one attached hydrogen (secondary N) is 4. The van der Waals surface area contributed by atoms with E-state index in [9.17, 15) is 9.59 Å². The number of carbonyl (C=O) groups excluding carboxylic acids is 2. The number of fused-ring (bicyclic) bond motifs is 1. The number of carbonyl (C=O) groups is 2. The third kappa shape index (κ3) is 5.24. The van der Waals surface area contributed by atoms with E-state index in [1.165, 1.54) is 0 Å². The lowest BCUT2D eigenvalue weighted by atomic mass is 10.0. The first kappa shape index (κ1) is 20.2. The minimum atomic E-state index is -0.196. The lowest BCUT2D eigenvalue weighted by Gasteiger charge is -2.37. The Labute approximate surface area is 169 Å². The van der Waals surface area contributed by atoms with E-state index in [-0.39, 0.29) is 36.5 Å². The van der Waals surface area contributed by atoms with Crippen LogP contribution < -0.4 is 21.3 Å². The molecule has 2 aliphatic heterocycles. The van der Waals surface area contributed by atoms with E-state index >= 15 is 0 Å². The molecule has 1 aromatic rings. The van der Waals surface area contributed by atoms with Crippen molar-refractivity contribution >= 4 is 29.1 Å². The van der Waals surface area contributed by atoms with Crippen LogP contribution in [-0.4, -0.2) is 59.6 Å². The number of piperazine rings is 1. The number of hydrogen-bond donors (Lipinski definition) is 4. The molecule has 2 aliphatic rings. The zero-order valence-electron chi connectivity index (χ0n) is 15.6. The maximum absolute atomic E-state index is 12.3. The summed E-state index contributed by atoms with van der Waals surface area (Å²) in [7, 11) is 0. The Morgan fingerprint density at radius 1 is 1.46 bits per heavy atom. The van der Waals surface area contributed by atoms with E-state index in [1.807, 2.05) is 12.1 Å². The zero-order chi connectivity index (χ0) is 19.9. The zero-order valence-corrected chi connectivity index (χ0v) is 16.4. The Bertz CT molecular complexity index is 745. The number of thiocarbonyl (C=S) groups is 1. The summed E-state index contributed by atoms with van der Waals surface area (Å²) in [6.45, 7) is 2.00. The van der Waals surface area contributed by atoms with Crippen LogP contribution in [0.3, 0.4) is 0 Å². The van der Waals surface area contributed by atoms with Crippen molar-refractivity contribution in [3.05, 3.63) is 24.2 Å². The second-order valence-corrected chi connectivity index (χ2v) is 7.38. The summed E-state index contributed by atoms with van der Waals surface area (Å²) in [5.74, 6) is 3.16. The Morgan fingerprint density at radius 3 is 3.07 bits per heavy atom. The molecule has 0 saturated carbocycles. The van der Waals surface area contributed by atoms with E-state index in [2.05, 4.69) is 32.1 Å². The average Bonchev–Trinajstić information content (AvgIpc) is 3.34. The van der Waals surface area contributed by atoms with Gasteiger partial charge in [-0.3, -0.25) is 14.5 Å². The highest BCUT2D eigenvalue weighted by atomic mass is 32.1. The minimum absolute atomic E-state index is 0.0341. The van der Waals surface area contributed by atoms with E-state index in [0.29, 0.717) is 44.0 Å². The van der Waals surface area contributed by atoms with Gasteiger partial charge in [-0.2, -0.15) is 0 Å². The van der Waals surface area contributed by atoms with Crippen molar-refractivity contribution in [2.45, 2.75) is 43.9 Å². The molecule has 0 spiro atoms. The average molecular weight is 404 g/mol. The van der Waals surface area contributed by atoms with Crippen LogP contribution in [-0.2, 0) is 16.1 Å². The quantitative estimate of drug-likeness (QED) is 0.367. The van der Waals surface area contributed by atoms with E-state index in [0.717, 1.165) is 5.76 Å². The van der Waals surface area contributed by atoms with Gasteiger partial charge in [-0.05, 0) is 37.2 Å². The molecule has 3 atom stereocenters. The molecule has 3 rings (SSSR count). The van der Waals surface area contributed by atoms with Crippen LogP contribution in [0.4, 0.5) is 0 Å². The van der Waals surface area contributed by atoms with Gasteiger partial charge in [-0.15, -0.1) is 6.42 Å². The van der Waals surface area contributed by atoms with Crippen molar-refractivity contribution in [3.8, 4) is 12.3 Å². The van der Waals surface area contributed by atoms with Gasteiger partial charge in [0.2, 0.25) is 11.8 Å². The molecule has 0 aromatic carbocycles. The predicted octanol–water partition coefficient (Wildman–Crippen LogP) is -0.285. The molecule has 2 amide bonds. The summed E-state index contributed by atoms with van der Waals surface area (Å²) in [4.78, 5) is 26.3. The molecule has 2 saturated heterocycles. The van der Waals surface area contributed by atoms with E-state index in [1.54, 1.807) is 6.26 Å². The molecule has 28 heavy (non-hydrogen) atoms. The van der Waals surface area contributed by atoms with Crippen LogP contribution in [0.5, 0.6) is 0 Å². The number of amides is 2. The van der Waals surface area contributed by atoms with Gasteiger partial charge >= 0.3 is 0 Å². The van der Waals surface area contributed by atoms with Crippen LogP contribution in [0.1, 0.15) is 25.0 Å². The lowest BCUT2D eigenvalue weighted by Crippen LogP contribution is -2.58. The molecule has 1 aromatic heterocycles. The first-order chi connectivity index (χ1) is 13.6. The number of furan rings is 1. The molecule has 0 unspecified atom stereocenters. The third-order valence-corrected chi connectivity index (χ3v) is 5.32. The van der Waals surface area contributed by atoms with Gasteiger partial charge in [0.25, 0.3) is 0 Å². The molecule has 0 aliphatic carbocycles. The molecular weight excluding hydrogens is 378 g/mol. The number of rotatable bonds is 7. The van der Waals surface area contributed by atoms with Crippen molar-refractivity contribution in [2.24, 2.45) is 0 Å². The smallest absolute Gasteiger partial charge is 0.237 e. The first-order valence-corrected chi connectivity index (χ1v) is 9.78. The van der Waals surface area contributed by atoms with Gasteiger partial charge in [0.1, 0.15) is 5.76 Å². The second-order valence-electron chi connectivity index (χ2n) is 6.97. The Hall–Kier alpha value is -2.57. The van der Waals surface area contributed by atoms with Gasteiger partial charge < -0.3 is 25.7 Å². The highest BCUT2D eigenvalue weighted by molar-refractivity contribution is 7.80. The maximum Gasteiger partial charge on any atom is 0.237 e. The fourth-order valence-electron chi connectivity index (χ4n) is 3.70. The summed E-state index contributed by atoms with van der Waals surface area (Å²) in [5.41, 5.74) is 0. The second kappa shape index (κ2) is 9.57. The molecular formula is C19H25N5O3S. The van der Waals surface area contributed by atoms with Gasteiger partial charge in [-0.1, -0.05) is 5.92 Å². The van der Waals surface area contributed by atoms with Crippen molar-refractivity contribution in [3.63, 3.8) is 0 Å². The number of nitrogens with zero attached hydrogens (tertiary/aromatic N) is 1. The normalized spacial score (nSPS) is 24.0. The predicted molar refractivity (Wildman–Crippen MR) is 108 cm³/mol. The lowest BCUT2D eigenvalue weighted by molar-refractivity contribution is -0.129. The number of terminal acetylenes is 1. The first-order valence-electron chi connectivity index (χ1n) is 9.37. The summed E-state index contributed by atoms with van der Waals surface area (Å²) in [6.07, 6.45) is 8.50. The standard InChI is InChI=1S/C19H25N5O3S/c1-2-7-20-17(25)6-5-14-10-21-18(26)16-9-13(12-24(14)16)23-19(28)22-11-15-4-3-8-27-15/h1,3-4,8,13-14,16H,5-7,9-12H2,(H,20,25)(H,21,26)(H2,22,23,28)/t13-,14+,16-/m0/s1. The monoisotopic (exact) mass is 403 g/mol. The Morgan fingerprint density at radius 2 is 2.32 bits per heavy atom. The van der Waals surface area contributed by atoms with Crippen LogP contribution in [0.25, 0.3) is 0 Å². The summed E-state index contributed by atoms with van der Waals surface area (Å²) in [6, 6.07) is 3.70. The van der Waals surface area contributed by atoms with Gasteiger partial charge in [0.05, 0.1) is 25.4 Å². The largest absolute Gasteiger partial charge is 0.467 e. The molecule has 0 radical (unpaired) electrons. The molecule has 3 heterocycles. The molecule has 0 bridgehead atoms. The molecule has 4 N–H and O–H groups in total. The van der Waals surface area contributed by atoms with E-state index < -0.39 is 0 Å². The molecule has 2 fully saturated rings. The van der Waals surface area contributed by atoms with E-state index in [4.69, 9.17) is 23.1 Å². The number of hydrogen-bond acceptors (Lipinski definition) is 5. The summed E-state index contributed by atoms with van der Waals surface area (Å²) >= 11 is 5.36. The summed E-state index contributed by atoms with van der Waals surface area (Å²) < 4.78 is 5.28. The fraction of sp³-hybridized carbons (Fsp3) is 0.526. The van der Waals surface area contributed by atoms with Gasteiger partial charge in [0, 0.05) is 31.6 Å². The fourth-order valence-corrected chi connectivity index (χ4v) is 3.94.